The van der Waals surface area contributed by atoms with Gasteiger partial charge in [-0.25, -0.2) is 8.42 Å². The minimum atomic E-state index is -3.72. The number of amides is 1. The summed E-state index contributed by atoms with van der Waals surface area (Å²) in [5.74, 6) is -0.863. The van der Waals surface area contributed by atoms with E-state index in [1.807, 2.05) is 6.07 Å². The van der Waals surface area contributed by atoms with Crippen LogP contribution in [0.2, 0.25) is 0 Å². The molecule has 0 radical (unpaired) electrons. The Balaban J connectivity index is 2.25. The summed E-state index contributed by atoms with van der Waals surface area (Å²) in [6.45, 7) is 3.34. The molecule has 0 aliphatic carbocycles. The number of hydrogen-bond acceptors (Lipinski definition) is 5. The summed E-state index contributed by atoms with van der Waals surface area (Å²) in [6, 6.07) is 7.16. The van der Waals surface area contributed by atoms with E-state index in [-0.39, 0.29) is 35.2 Å². The first-order valence-corrected chi connectivity index (χ1v) is 8.90. The van der Waals surface area contributed by atoms with Crippen LogP contribution in [-0.2, 0) is 14.8 Å². The van der Waals surface area contributed by atoms with Gasteiger partial charge in [0.15, 0.2) is 5.78 Å². The lowest BCUT2D eigenvalue weighted by Crippen LogP contribution is -2.49. The van der Waals surface area contributed by atoms with E-state index in [0.29, 0.717) is 0 Å². The Morgan fingerprint density at radius 1 is 1.38 bits per heavy atom. The second kappa shape index (κ2) is 6.71. The smallest absolute Gasteiger partial charge is 0.254 e. The Hall–Kier alpha value is -2.24. The number of carbonyl (C=O) groups excluding carboxylic acids is 2. The number of nitriles is 1. The first-order chi connectivity index (χ1) is 11.2. The van der Waals surface area contributed by atoms with Gasteiger partial charge in [0.1, 0.15) is 0 Å². The highest BCUT2D eigenvalue weighted by Gasteiger charge is 2.37. The summed E-state index contributed by atoms with van der Waals surface area (Å²) in [5.41, 5.74) is 0.198. The van der Waals surface area contributed by atoms with Crippen LogP contribution >= 0.6 is 0 Å². The zero-order chi connectivity index (χ0) is 18.1. The number of sulfonamides is 1. The fourth-order valence-corrected chi connectivity index (χ4v) is 3.88. The second-order valence-corrected chi connectivity index (χ2v) is 7.82. The normalized spacial score (nSPS) is 16.8. The lowest BCUT2D eigenvalue weighted by molar-refractivity contribution is -0.120. The summed E-state index contributed by atoms with van der Waals surface area (Å²) in [6.07, 6.45) is 0. The molecule has 1 atom stereocenters. The van der Waals surface area contributed by atoms with E-state index in [1.54, 1.807) is 6.92 Å². The van der Waals surface area contributed by atoms with Gasteiger partial charge in [0, 0.05) is 25.7 Å². The quantitative estimate of drug-likeness (QED) is 0.786. The first-order valence-electron chi connectivity index (χ1n) is 7.46. The fourth-order valence-electron chi connectivity index (χ4n) is 2.31. The largest absolute Gasteiger partial charge is 0.332 e. The molecule has 1 aliphatic rings. The molecule has 0 N–H and O–H groups in total. The molecule has 1 heterocycles. The van der Waals surface area contributed by atoms with E-state index in [9.17, 15) is 18.0 Å². The van der Waals surface area contributed by atoms with Crippen molar-refractivity contribution in [3.05, 3.63) is 29.8 Å². The Kier molecular flexibility index (Phi) is 5.06. The Morgan fingerprint density at radius 3 is 2.54 bits per heavy atom. The van der Waals surface area contributed by atoms with Crippen molar-refractivity contribution in [1.82, 2.24) is 9.21 Å². The van der Waals surface area contributed by atoms with E-state index in [4.69, 9.17) is 5.26 Å². The lowest BCUT2D eigenvalue weighted by atomic mass is 10.1. The molecule has 1 fully saturated rings. The third kappa shape index (κ3) is 3.32. The van der Waals surface area contributed by atoms with Crippen LogP contribution in [0.3, 0.4) is 0 Å². The molecule has 7 nitrogen and oxygen atoms in total. The Labute approximate surface area is 141 Å². The summed E-state index contributed by atoms with van der Waals surface area (Å²) < 4.78 is 26.2. The van der Waals surface area contributed by atoms with Gasteiger partial charge in [-0.3, -0.25) is 9.59 Å². The van der Waals surface area contributed by atoms with E-state index in [2.05, 4.69) is 0 Å². The zero-order valence-electron chi connectivity index (χ0n) is 13.8. The van der Waals surface area contributed by atoms with E-state index in [1.165, 1.54) is 47.4 Å². The summed E-state index contributed by atoms with van der Waals surface area (Å²) in [5, 5.41) is 8.77. The first kappa shape index (κ1) is 18.1. The molecule has 0 aromatic heterocycles. The number of nitrogens with zero attached hydrogens (tertiary/aromatic N) is 3. The van der Waals surface area contributed by atoms with E-state index >= 15 is 0 Å². The molecule has 1 aromatic carbocycles. The van der Waals surface area contributed by atoms with Crippen molar-refractivity contribution >= 4 is 21.7 Å². The molecule has 8 heteroatoms. The number of carbonyl (C=O) groups is 2. The van der Waals surface area contributed by atoms with Crippen molar-refractivity contribution < 1.29 is 18.0 Å². The van der Waals surface area contributed by atoms with E-state index in [0.717, 1.165) is 0 Å². The average molecular weight is 349 g/mol. The average Bonchev–Trinajstić information content (AvgIpc) is 2.51. The maximum atomic E-state index is 12.5. The van der Waals surface area contributed by atoms with Crippen LogP contribution < -0.4 is 0 Å². The topological polar surface area (TPSA) is 98.6 Å². The monoisotopic (exact) mass is 349 g/mol. The Bertz CT molecular complexity index is 807. The van der Waals surface area contributed by atoms with Gasteiger partial charge in [0.05, 0.1) is 22.9 Å². The Morgan fingerprint density at radius 2 is 2.00 bits per heavy atom. The molecule has 1 saturated heterocycles. The van der Waals surface area contributed by atoms with Gasteiger partial charge < -0.3 is 4.90 Å². The van der Waals surface area contributed by atoms with Crippen LogP contribution in [0.5, 0.6) is 0 Å². The number of hydrogen-bond donors (Lipinski definition) is 0. The van der Waals surface area contributed by atoms with Crippen molar-refractivity contribution in [2.75, 3.05) is 20.1 Å². The molecule has 1 aliphatic heterocycles. The third-order valence-electron chi connectivity index (χ3n) is 4.24. The predicted octanol–water partition coefficient (Wildman–Crippen LogP) is 0.880. The van der Waals surface area contributed by atoms with Gasteiger partial charge in [-0.05, 0) is 32.0 Å². The number of rotatable bonds is 5. The summed E-state index contributed by atoms with van der Waals surface area (Å²) >= 11 is 0. The summed E-state index contributed by atoms with van der Waals surface area (Å²) in [7, 11) is -2.22. The number of Topliss-reactive ketones (excluding diaryl/α,β-unsaturated/α-hetero) is 1. The predicted molar refractivity (Wildman–Crippen MR) is 86.5 cm³/mol. The highest BCUT2D eigenvalue weighted by molar-refractivity contribution is 7.89. The van der Waals surface area contributed by atoms with Crippen LogP contribution in [0.1, 0.15) is 24.2 Å². The van der Waals surface area contributed by atoms with Crippen LogP contribution in [0.15, 0.2) is 29.2 Å². The molecule has 128 valence electrons. The molecular weight excluding hydrogens is 330 g/mol. The molecular formula is C16H19N3O4S. The molecule has 0 saturated carbocycles. The SMILES string of the molecule is CC(=O)[C@@H](C)N(C)C(=O)c1cccc(S(=O)(=O)N2CC(C#N)C2)c1. The van der Waals surface area contributed by atoms with Crippen molar-refractivity contribution in [3.8, 4) is 6.07 Å². The van der Waals surface area contributed by atoms with Gasteiger partial charge in [-0.2, -0.15) is 9.57 Å². The molecule has 2 rings (SSSR count). The van der Waals surface area contributed by atoms with Gasteiger partial charge in [-0.15, -0.1) is 0 Å². The van der Waals surface area contributed by atoms with Crippen molar-refractivity contribution in [3.63, 3.8) is 0 Å². The standard InChI is InChI=1S/C16H19N3O4S/c1-11(12(2)20)18(3)16(21)14-5-4-6-15(7-14)24(22,23)19-9-13(8-17)10-19/h4-7,11,13H,9-10H2,1-3H3/t11-/m1/s1. The van der Waals surface area contributed by atoms with Gasteiger partial charge in [0.25, 0.3) is 5.91 Å². The highest BCUT2D eigenvalue weighted by atomic mass is 32.2. The number of ketones is 1. The summed E-state index contributed by atoms with van der Waals surface area (Å²) in [4.78, 5) is 25.2. The lowest BCUT2D eigenvalue weighted by Gasteiger charge is -2.34. The zero-order valence-corrected chi connectivity index (χ0v) is 14.6. The fraction of sp³-hybridized carbons (Fsp3) is 0.438. The van der Waals surface area contributed by atoms with Crippen LogP contribution in [0.4, 0.5) is 0 Å². The maximum absolute atomic E-state index is 12.5. The van der Waals surface area contributed by atoms with Crippen LogP contribution in [-0.4, -0.2) is 55.5 Å². The molecule has 1 aromatic rings. The van der Waals surface area contributed by atoms with Crippen LogP contribution in [0, 0.1) is 17.2 Å². The van der Waals surface area contributed by atoms with Gasteiger partial charge in [-0.1, -0.05) is 6.07 Å². The molecule has 0 spiro atoms. The molecule has 0 unspecified atom stereocenters. The minimum Gasteiger partial charge on any atom is -0.332 e. The van der Waals surface area contributed by atoms with Crippen molar-refractivity contribution in [1.29, 1.82) is 5.26 Å². The number of benzene rings is 1. The number of likely N-dealkylation sites (N-methyl/N-ethyl adjacent to an activating group) is 1. The van der Waals surface area contributed by atoms with Crippen molar-refractivity contribution in [2.24, 2.45) is 5.92 Å². The van der Waals surface area contributed by atoms with Crippen molar-refractivity contribution in [2.45, 2.75) is 24.8 Å². The highest BCUT2D eigenvalue weighted by Crippen LogP contribution is 2.25. The molecule has 24 heavy (non-hydrogen) atoms. The second-order valence-electron chi connectivity index (χ2n) is 5.88. The van der Waals surface area contributed by atoms with Gasteiger partial charge in [0.2, 0.25) is 10.0 Å². The minimum absolute atomic E-state index is 0.00798. The maximum Gasteiger partial charge on any atom is 0.254 e. The molecule has 0 bridgehead atoms. The third-order valence-corrected chi connectivity index (χ3v) is 6.07. The molecule has 1 amide bonds. The van der Waals surface area contributed by atoms with Gasteiger partial charge >= 0.3 is 0 Å². The van der Waals surface area contributed by atoms with Crippen LogP contribution in [0.25, 0.3) is 0 Å². The van der Waals surface area contributed by atoms with E-state index < -0.39 is 22.0 Å².